The van der Waals surface area contributed by atoms with Crippen molar-refractivity contribution < 1.29 is 4.79 Å². The third-order valence-electron chi connectivity index (χ3n) is 3.52. The minimum absolute atomic E-state index is 0.244. The average Bonchev–Trinajstić information content (AvgIpc) is 2.42. The Labute approximate surface area is 115 Å². The lowest BCUT2D eigenvalue weighted by Gasteiger charge is -2.33. The summed E-state index contributed by atoms with van der Waals surface area (Å²) in [6.07, 6.45) is 1.35. The van der Waals surface area contributed by atoms with Gasteiger partial charge < -0.3 is 0 Å². The topological polar surface area (TPSA) is 20.3 Å². The highest BCUT2D eigenvalue weighted by Gasteiger charge is 2.24. The molecule has 1 saturated heterocycles. The van der Waals surface area contributed by atoms with Crippen LogP contribution < -0.4 is 0 Å². The van der Waals surface area contributed by atoms with Gasteiger partial charge in [0.2, 0.25) is 0 Å². The molecule has 0 aromatic heterocycles. The fourth-order valence-corrected chi connectivity index (χ4v) is 2.41. The number of benzene rings is 1. The van der Waals surface area contributed by atoms with Crippen LogP contribution in [0.2, 0.25) is 0 Å². The lowest BCUT2D eigenvalue weighted by Crippen LogP contribution is -2.43. The van der Waals surface area contributed by atoms with Crippen LogP contribution in [0.3, 0.4) is 0 Å². The van der Waals surface area contributed by atoms with E-state index in [0.717, 1.165) is 18.7 Å². The molecule has 1 aromatic carbocycles. The van der Waals surface area contributed by atoms with Crippen molar-refractivity contribution in [1.82, 2.24) is 4.90 Å². The van der Waals surface area contributed by atoms with E-state index in [9.17, 15) is 4.79 Å². The van der Waals surface area contributed by atoms with Gasteiger partial charge >= 0.3 is 0 Å². The molecular weight excluding hydrogens is 234 g/mol. The Hall–Kier alpha value is -1.59. The molecule has 0 saturated carbocycles. The maximum atomic E-state index is 11.3. The molecule has 2 heteroatoms. The minimum Gasteiger partial charge on any atom is -0.300 e. The second-order valence-electron chi connectivity index (χ2n) is 5.40. The van der Waals surface area contributed by atoms with Crippen molar-refractivity contribution >= 4 is 5.78 Å². The van der Waals surface area contributed by atoms with Gasteiger partial charge in [-0.3, -0.25) is 9.69 Å². The molecule has 19 heavy (non-hydrogen) atoms. The molecule has 1 aliphatic heterocycles. The van der Waals surface area contributed by atoms with E-state index in [1.165, 1.54) is 0 Å². The van der Waals surface area contributed by atoms with Crippen LogP contribution in [0.25, 0.3) is 0 Å². The van der Waals surface area contributed by atoms with E-state index in [-0.39, 0.29) is 6.04 Å². The first-order chi connectivity index (χ1) is 9.16. The summed E-state index contributed by atoms with van der Waals surface area (Å²) in [5, 5.41) is 0. The summed E-state index contributed by atoms with van der Waals surface area (Å²) in [7, 11) is 0. The summed E-state index contributed by atoms with van der Waals surface area (Å²) in [6.45, 7) is 6.10. The van der Waals surface area contributed by atoms with Crippen molar-refractivity contribution in [3.63, 3.8) is 0 Å². The smallest absolute Gasteiger partial charge is 0.135 e. The Kier molecular flexibility index (Phi) is 4.76. The molecule has 0 bridgehead atoms. The number of piperidine rings is 1. The summed E-state index contributed by atoms with van der Waals surface area (Å²) in [5.41, 5.74) is 1.06. The summed E-state index contributed by atoms with van der Waals surface area (Å²) in [4.78, 5) is 13.7. The number of rotatable bonds is 2. The lowest BCUT2D eigenvalue weighted by atomic mass is 9.99. The molecule has 1 aliphatic rings. The van der Waals surface area contributed by atoms with E-state index >= 15 is 0 Å². The fraction of sp³-hybridized carbons (Fsp3) is 0.471. The third-order valence-corrected chi connectivity index (χ3v) is 3.52. The van der Waals surface area contributed by atoms with Gasteiger partial charge in [-0.15, -0.1) is 0 Å². The zero-order chi connectivity index (χ0) is 13.7. The highest BCUT2D eigenvalue weighted by molar-refractivity contribution is 5.79. The Bertz CT molecular complexity index is 471. The van der Waals surface area contributed by atoms with E-state index < -0.39 is 0 Å². The van der Waals surface area contributed by atoms with Crippen molar-refractivity contribution in [3.8, 4) is 11.8 Å². The largest absolute Gasteiger partial charge is 0.300 e. The molecule has 0 unspecified atom stereocenters. The van der Waals surface area contributed by atoms with Crippen LogP contribution in [-0.2, 0) is 4.79 Å². The molecular formula is C17H21NO. The fourth-order valence-electron chi connectivity index (χ4n) is 2.41. The molecule has 100 valence electrons. The van der Waals surface area contributed by atoms with Crippen LogP contribution in [0.5, 0.6) is 0 Å². The van der Waals surface area contributed by atoms with Crippen LogP contribution in [0, 0.1) is 17.8 Å². The third kappa shape index (κ3) is 3.94. The van der Waals surface area contributed by atoms with E-state index in [4.69, 9.17) is 0 Å². The predicted octanol–water partition coefficient (Wildman–Crippen LogP) is 2.73. The first-order valence-corrected chi connectivity index (χ1v) is 6.99. The van der Waals surface area contributed by atoms with E-state index in [1.807, 2.05) is 30.3 Å². The highest BCUT2D eigenvalue weighted by atomic mass is 16.1. The van der Waals surface area contributed by atoms with Crippen LogP contribution in [-0.4, -0.2) is 29.8 Å². The standard InChI is InChI=1S/C17H21NO/c1-14(2)17(18-12-10-16(19)11-13-18)9-8-15-6-4-3-5-7-15/h3-7,14,17H,10-13H2,1-2H3/t17-/m0/s1. The Morgan fingerprint density at radius 2 is 1.74 bits per heavy atom. The monoisotopic (exact) mass is 255 g/mol. The predicted molar refractivity (Wildman–Crippen MR) is 77.8 cm³/mol. The summed E-state index contributed by atoms with van der Waals surface area (Å²) < 4.78 is 0. The number of hydrogen-bond donors (Lipinski definition) is 0. The van der Waals surface area contributed by atoms with Crippen molar-refractivity contribution in [2.45, 2.75) is 32.7 Å². The van der Waals surface area contributed by atoms with Gasteiger partial charge in [0.15, 0.2) is 0 Å². The quantitative estimate of drug-likeness (QED) is 0.757. The van der Waals surface area contributed by atoms with Gasteiger partial charge in [-0.2, -0.15) is 0 Å². The minimum atomic E-state index is 0.244. The Morgan fingerprint density at radius 3 is 2.32 bits per heavy atom. The summed E-state index contributed by atoms with van der Waals surface area (Å²) in [6, 6.07) is 10.3. The van der Waals surface area contributed by atoms with Gasteiger partial charge in [0.25, 0.3) is 0 Å². The van der Waals surface area contributed by atoms with Crippen LogP contribution >= 0.6 is 0 Å². The van der Waals surface area contributed by atoms with Crippen molar-refractivity contribution in [3.05, 3.63) is 35.9 Å². The maximum absolute atomic E-state index is 11.3. The lowest BCUT2D eigenvalue weighted by molar-refractivity contribution is -0.121. The van der Waals surface area contributed by atoms with Gasteiger partial charge in [0.1, 0.15) is 5.78 Å². The van der Waals surface area contributed by atoms with Crippen LogP contribution in [0.1, 0.15) is 32.3 Å². The van der Waals surface area contributed by atoms with Gasteiger partial charge in [0, 0.05) is 31.5 Å². The summed E-state index contributed by atoms with van der Waals surface area (Å²) in [5.74, 6) is 7.50. The van der Waals surface area contributed by atoms with Gasteiger partial charge in [-0.1, -0.05) is 43.9 Å². The zero-order valence-electron chi connectivity index (χ0n) is 11.7. The summed E-state index contributed by atoms with van der Waals surface area (Å²) >= 11 is 0. The second kappa shape index (κ2) is 6.54. The molecule has 2 rings (SSSR count). The maximum Gasteiger partial charge on any atom is 0.135 e. The molecule has 0 radical (unpaired) electrons. The molecule has 0 N–H and O–H groups in total. The number of hydrogen-bond acceptors (Lipinski definition) is 2. The average molecular weight is 255 g/mol. The van der Waals surface area contributed by atoms with E-state index in [1.54, 1.807) is 0 Å². The number of nitrogens with zero attached hydrogens (tertiary/aromatic N) is 1. The van der Waals surface area contributed by atoms with Gasteiger partial charge in [-0.25, -0.2) is 0 Å². The van der Waals surface area contributed by atoms with Gasteiger partial charge in [-0.05, 0) is 18.1 Å². The second-order valence-corrected chi connectivity index (χ2v) is 5.40. The van der Waals surface area contributed by atoms with Crippen molar-refractivity contribution in [2.75, 3.05) is 13.1 Å². The molecule has 1 aromatic rings. The molecule has 2 nitrogen and oxygen atoms in total. The number of carbonyl (C=O) groups excluding carboxylic acids is 1. The number of carbonyl (C=O) groups is 1. The molecule has 0 amide bonds. The zero-order valence-corrected chi connectivity index (χ0v) is 11.7. The SMILES string of the molecule is CC(C)[C@H](C#Cc1ccccc1)N1CCC(=O)CC1. The molecule has 1 heterocycles. The number of ketones is 1. The highest BCUT2D eigenvalue weighted by Crippen LogP contribution is 2.15. The van der Waals surface area contributed by atoms with Crippen molar-refractivity contribution in [2.24, 2.45) is 5.92 Å². The molecule has 1 fully saturated rings. The van der Waals surface area contributed by atoms with Crippen LogP contribution in [0.4, 0.5) is 0 Å². The number of Topliss-reactive ketones (excluding diaryl/α,β-unsaturated/α-hetero) is 1. The van der Waals surface area contributed by atoms with Gasteiger partial charge in [0.05, 0.1) is 6.04 Å². The Morgan fingerprint density at radius 1 is 1.11 bits per heavy atom. The van der Waals surface area contributed by atoms with Crippen molar-refractivity contribution in [1.29, 1.82) is 0 Å². The molecule has 0 spiro atoms. The first kappa shape index (κ1) is 13.8. The molecule has 1 atom stereocenters. The first-order valence-electron chi connectivity index (χ1n) is 6.99. The molecule has 0 aliphatic carbocycles. The van der Waals surface area contributed by atoms with E-state index in [2.05, 4.69) is 30.6 Å². The normalized spacial score (nSPS) is 17.9. The van der Waals surface area contributed by atoms with Crippen LogP contribution in [0.15, 0.2) is 30.3 Å². The Balaban J connectivity index is 2.09. The number of likely N-dealkylation sites (tertiary alicyclic amines) is 1. The van der Waals surface area contributed by atoms with E-state index in [0.29, 0.717) is 24.5 Å².